The van der Waals surface area contributed by atoms with E-state index in [2.05, 4.69) is 10.4 Å². The van der Waals surface area contributed by atoms with Gasteiger partial charge in [-0.1, -0.05) is 0 Å². The number of aromatic nitrogens is 1. The van der Waals surface area contributed by atoms with Gasteiger partial charge in [0.25, 0.3) is 0 Å². The van der Waals surface area contributed by atoms with Gasteiger partial charge in [-0.25, -0.2) is 4.98 Å². The van der Waals surface area contributed by atoms with Crippen LogP contribution >= 0.6 is 11.3 Å². The largest absolute Gasteiger partial charge is 0.468 e. The summed E-state index contributed by atoms with van der Waals surface area (Å²) in [5.74, 6) is 0.0364. The normalized spacial score (nSPS) is 21.1. The van der Waals surface area contributed by atoms with E-state index < -0.39 is 5.41 Å². The number of methoxy groups -OCH3 is 1. The minimum atomic E-state index is -0.862. The van der Waals surface area contributed by atoms with Gasteiger partial charge >= 0.3 is 5.97 Å². The Morgan fingerprint density at radius 3 is 2.52 bits per heavy atom. The summed E-state index contributed by atoms with van der Waals surface area (Å²) in [6, 6.07) is 0. The molecule has 2 fully saturated rings. The van der Waals surface area contributed by atoms with Gasteiger partial charge in [0.2, 0.25) is 5.91 Å². The van der Waals surface area contributed by atoms with Crippen molar-refractivity contribution in [2.75, 3.05) is 20.2 Å². The van der Waals surface area contributed by atoms with Gasteiger partial charge in [-0.15, -0.1) is 11.3 Å². The number of thiazole rings is 1. The molecule has 1 aromatic rings. The van der Waals surface area contributed by atoms with Crippen LogP contribution in [0.1, 0.15) is 42.3 Å². The number of rotatable bonds is 3. The summed E-state index contributed by atoms with van der Waals surface area (Å²) in [5, 5.41) is 3.25. The second kappa shape index (κ2) is 5.40. The molecule has 5 nitrogen and oxygen atoms in total. The van der Waals surface area contributed by atoms with Crippen molar-refractivity contribution in [1.29, 1.82) is 0 Å². The van der Waals surface area contributed by atoms with E-state index in [1.54, 1.807) is 11.3 Å². The standard InChI is InChI=1S/C15H20N2O3S/c1-10-9-21-12(16-10)11-3-7-17(8-4-11)13(18)15(5-6-15)14(19)20-2/h9,11H,3-8H2,1-2H3. The Hall–Kier alpha value is -1.43. The van der Waals surface area contributed by atoms with Gasteiger partial charge in [-0.2, -0.15) is 0 Å². The molecule has 3 rings (SSSR count). The highest BCUT2D eigenvalue weighted by atomic mass is 32.1. The van der Waals surface area contributed by atoms with E-state index in [1.165, 1.54) is 12.1 Å². The third-order valence-corrected chi connectivity index (χ3v) is 5.63. The zero-order chi connectivity index (χ0) is 15.0. The molecule has 1 saturated heterocycles. The molecule has 2 aliphatic rings. The Labute approximate surface area is 128 Å². The van der Waals surface area contributed by atoms with Crippen molar-refractivity contribution in [3.8, 4) is 0 Å². The Balaban J connectivity index is 1.61. The lowest BCUT2D eigenvalue weighted by Gasteiger charge is -2.33. The van der Waals surface area contributed by atoms with Gasteiger partial charge in [0.05, 0.1) is 12.1 Å². The summed E-state index contributed by atoms with van der Waals surface area (Å²) < 4.78 is 4.79. The quantitative estimate of drug-likeness (QED) is 0.634. The molecule has 1 saturated carbocycles. The Morgan fingerprint density at radius 1 is 1.38 bits per heavy atom. The fourth-order valence-electron chi connectivity index (χ4n) is 3.02. The minimum absolute atomic E-state index is 0.0388. The Bertz CT molecular complexity index is 557. The van der Waals surface area contributed by atoms with Gasteiger partial charge in [0, 0.05) is 30.1 Å². The number of nitrogens with zero attached hydrogens (tertiary/aromatic N) is 2. The van der Waals surface area contributed by atoms with Crippen LogP contribution < -0.4 is 0 Å². The van der Waals surface area contributed by atoms with E-state index in [0.717, 1.165) is 18.5 Å². The molecule has 0 N–H and O–H groups in total. The maximum Gasteiger partial charge on any atom is 0.321 e. The molecule has 6 heteroatoms. The number of likely N-dealkylation sites (tertiary alicyclic amines) is 1. The van der Waals surface area contributed by atoms with E-state index in [0.29, 0.717) is 31.8 Å². The van der Waals surface area contributed by atoms with E-state index >= 15 is 0 Å². The highest BCUT2D eigenvalue weighted by molar-refractivity contribution is 7.09. The SMILES string of the molecule is COC(=O)C1(C(=O)N2CCC(c3nc(C)cs3)CC2)CC1. The highest BCUT2D eigenvalue weighted by Crippen LogP contribution is 2.49. The second-order valence-electron chi connectivity index (χ2n) is 5.97. The number of carbonyl (C=O) groups excluding carboxylic acids is 2. The van der Waals surface area contributed by atoms with Crippen LogP contribution in [0.25, 0.3) is 0 Å². The molecule has 1 amide bonds. The third kappa shape index (κ3) is 2.57. The molecule has 0 bridgehead atoms. The van der Waals surface area contributed by atoms with Crippen molar-refractivity contribution in [2.45, 2.75) is 38.5 Å². The molecule has 0 aromatic carbocycles. The predicted molar refractivity (Wildman–Crippen MR) is 79.1 cm³/mol. The summed E-state index contributed by atoms with van der Waals surface area (Å²) in [6.07, 6.45) is 3.11. The lowest BCUT2D eigenvalue weighted by Crippen LogP contribution is -2.45. The van der Waals surface area contributed by atoms with Crippen molar-refractivity contribution in [3.63, 3.8) is 0 Å². The molecule has 0 radical (unpaired) electrons. The summed E-state index contributed by atoms with van der Waals surface area (Å²) >= 11 is 1.70. The summed E-state index contributed by atoms with van der Waals surface area (Å²) in [4.78, 5) is 30.7. The van der Waals surface area contributed by atoms with Gasteiger partial charge in [-0.05, 0) is 32.6 Å². The van der Waals surface area contributed by atoms with Crippen molar-refractivity contribution in [1.82, 2.24) is 9.88 Å². The lowest BCUT2D eigenvalue weighted by molar-refractivity contribution is -0.156. The number of hydrogen-bond donors (Lipinski definition) is 0. The minimum Gasteiger partial charge on any atom is -0.468 e. The van der Waals surface area contributed by atoms with Crippen LogP contribution in [0.3, 0.4) is 0 Å². The Kier molecular flexibility index (Phi) is 3.73. The maximum atomic E-state index is 12.5. The first-order valence-electron chi connectivity index (χ1n) is 7.36. The van der Waals surface area contributed by atoms with Crippen LogP contribution in [0, 0.1) is 12.3 Å². The predicted octanol–water partition coefficient (Wildman–Crippen LogP) is 2.11. The second-order valence-corrected chi connectivity index (χ2v) is 6.86. The molecule has 114 valence electrons. The molecular formula is C15H20N2O3S. The van der Waals surface area contributed by atoms with Crippen LogP contribution in [0.15, 0.2) is 5.38 Å². The lowest BCUT2D eigenvalue weighted by atomic mass is 9.95. The summed E-state index contributed by atoms with van der Waals surface area (Å²) in [5.41, 5.74) is 0.204. The summed E-state index contributed by atoms with van der Waals surface area (Å²) in [6.45, 7) is 3.42. The monoisotopic (exact) mass is 308 g/mol. The van der Waals surface area contributed by atoms with E-state index in [9.17, 15) is 9.59 Å². The van der Waals surface area contributed by atoms with Gasteiger partial charge < -0.3 is 9.64 Å². The third-order valence-electron chi connectivity index (χ3n) is 4.50. The smallest absolute Gasteiger partial charge is 0.321 e. The van der Waals surface area contributed by atoms with Crippen LogP contribution in [0.5, 0.6) is 0 Å². The van der Waals surface area contributed by atoms with Crippen LogP contribution in [-0.2, 0) is 14.3 Å². The number of esters is 1. The van der Waals surface area contributed by atoms with Gasteiger partial charge in [0.1, 0.15) is 5.41 Å². The van der Waals surface area contributed by atoms with Gasteiger partial charge in [0.15, 0.2) is 0 Å². The van der Waals surface area contributed by atoms with Crippen molar-refractivity contribution < 1.29 is 14.3 Å². The van der Waals surface area contributed by atoms with Crippen LogP contribution in [-0.4, -0.2) is 42.0 Å². The molecule has 0 unspecified atom stereocenters. The fraction of sp³-hybridized carbons (Fsp3) is 0.667. The number of carbonyl (C=O) groups is 2. The van der Waals surface area contributed by atoms with Crippen LogP contribution in [0.4, 0.5) is 0 Å². The Morgan fingerprint density at radius 2 is 2.05 bits per heavy atom. The van der Waals surface area contributed by atoms with Crippen LogP contribution in [0.2, 0.25) is 0 Å². The van der Waals surface area contributed by atoms with Crippen molar-refractivity contribution in [2.24, 2.45) is 5.41 Å². The number of ether oxygens (including phenoxy) is 1. The molecule has 0 atom stereocenters. The highest BCUT2D eigenvalue weighted by Gasteiger charge is 2.59. The van der Waals surface area contributed by atoms with Gasteiger partial charge in [-0.3, -0.25) is 9.59 Å². The van der Waals surface area contributed by atoms with E-state index in [4.69, 9.17) is 4.74 Å². The summed E-state index contributed by atoms with van der Waals surface area (Å²) in [7, 11) is 1.35. The molecular weight excluding hydrogens is 288 g/mol. The number of aryl methyl sites for hydroxylation is 1. The molecule has 1 aliphatic carbocycles. The van der Waals surface area contributed by atoms with Crippen molar-refractivity contribution in [3.05, 3.63) is 16.1 Å². The zero-order valence-electron chi connectivity index (χ0n) is 12.4. The zero-order valence-corrected chi connectivity index (χ0v) is 13.2. The first-order chi connectivity index (χ1) is 10.1. The molecule has 1 aliphatic heterocycles. The molecule has 21 heavy (non-hydrogen) atoms. The van der Waals surface area contributed by atoms with E-state index in [1.807, 2.05) is 11.8 Å². The average molecular weight is 308 g/mol. The fourth-order valence-corrected chi connectivity index (χ4v) is 3.99. The average Bonchev–Trinajstić information content (AvgIpc) is 3.22. The number of piperidine rings is 1. The van der Waals surface area contributed by atoms with Crippen molar-refractivity contribution >= 4 is 23.2 Å². The number of amides is 1. The first-order valence-corrected chi connectivity index (χ1v) is 8.24. The maximum absolute atomic E-state index is 12.5. The topological polar surface area (TPSA) is 59.5 Å². The number of hydrogen-bond acceptors (Lipinski definition) is 5. The molecule has 2 heterocycles. The molecule has 0 spiro atoms. The molecule has 1 aromatic heterocycles. The first kappa shape index (κ1) is 14.5. The van der Waals surface area contributed by atoms with E-state index in [-0.39, 0.29) is 11.9 Å².